The van der Waals surface area contributed by atoms with Gasteiger partial charge in [0.25, 0.3) is 0 Å². The quantitative estimate of drug-likeness (QED) is 0.398. The predicted molar refractivity (Wildman–Crippen MR) is 73.8 cm³/mol. The molecule has 0 spiro atoms. The molecule has 1 amide bonds. The molecule has 0 saturated heterocycles. The number of amides is 1. The molecule has 0 aliphatic rings. The van der Waals surface area contributed by atoms with E-state index in [-0.39, 0.29) is 6.61 Å². The van der Waals surface area contributed by atoms with Gasteiger partial charge in [-0.1, -0.05) is 19.9 Å². The Balaban J connectivity index is 4.10. The largest absolute Gasteiger partial charge is 0.464 e. The summed E-state index contributed by atoms with van der Waals surface area (Å²) in [5.74, 6) is 0.136. The zero-order valence-electron chi connectivity index (χ0n) is 12.1. The zero-order valence-corrected chi connectivity index (χ0v) is 12.1. The number of alkyl carbamates (subject to hydrolysis) is 1. The number of carbonyl (C=O) groups excluding carboxylic acids is 2. The van der Waals surface area contributed by atoms with Gasteiger partial charge >= 0.3 is 12.1 Å². The van der Waals surface area contributed by atoms with E-state index in [1.807, 2.05) is 0 Å². The van der Waals surface area contributed by atoms with E-state index in [0.717, 1.165) is 12.8 Å². The molecule has 19 heavy (non-hydrogen) atoms. The fourth-order valence-corrected chi connectivity index (χ4v) is 1.46. The molecule has 110 valence electrons. The first-order valence-corrected chi connectivity index (χ1v) is 6.72. The van der Waals surface area contributed by atoms with Crippen LogP contribution in [0.3, 0.4) is 0 Å². The highest BCUT2D eigenvalue weighted by Gasteiger charge is 2.21. The highest BCUT2D eigenvalue weighted by Crippen LogP contribution is 2.04. The van der Waals surface area contributed by atoms with E-state index in [1.54, 1.807) is 13.0 Å². The van der Waals surface area contributed by atoms with Crippen LogP contribution in [0.4, 0.5) is 4.79 Å². The summed E-state index contributed by atoms with van der Waals surface area (Å²) in [6, 6.07) is -0.726. The van der Waals surface area contributed by atoms with E-state index in [2.05, 4.69) is 25.7 Å². The molecule has 0 radical (unpaired) electrons. The van der Waals surface area contributed by atoms with Gasteiger partial charge in [-0.15, -0.1) is 6.58 Å². The first-order valence-electron chi connectivity index (χ1n) is 6.72. The van der Waals surface area contributed by atoms with Crippen LogP contribution in [0.15, 0.2) is 12.7 Å². The first-order chi connectivity index (χ1) is 9.01. The van der Waals surface area contributed by atoms with Crippen molar-refractivity contribution in [2.24, 2.45) is 5.92 Å². The molecule has 5 heteroatoms. The summed E-state index contributed by atoms with van der Waals surface area (Å²) in [5.41, 5.74) is 0. The maximum absolute atomic E-state index is 11.8. The third kappa shape index (κ3) is 9.11. The van der Waals surface area contributed by atoms with Crippen molar-refractivity contribution in [3.05, 3.63) is 12.7 Å². The lowest BCUT2D eigenvalue weighted by atomic mass is 10.1. The van der Waals surface area contributed by atoms with E-state index < -0.39 is 18.1 Å². The van der Waals surface area contributed by atoms with Gasteiger partial charge in [0.1, 0.15) is 6.04 Å². The van der Waals surface area contributed by atoms with Crippen molar-refractivity contribution in [2.45, 2.75) is 46.1 Å². The van der Waals surface area contributed by atoms with Crippen LogP contribution in [0.1, 0.15) is 40.0 Å². The summed E-state index contributed by atoms with van der Waals surface area (Å²) in [6.45, 7) is 10.1. The lowest BCUT2D eigenvalue weighted by Gasteiger charge is -2.16. The average molecular weight is 271 g/mol. The van der Waals surface area contributed by atoms with Crippen molar-refractivity contribution in [1.82, 2.24) is 5.32 Å². The van der Waals surface area contributed by atoms with Crippen LogP contribution in [-0.4, -0.2) is 31.3 Å². The fourth-order valence-electron chi connectivity index (χ4n) is 1.46. The van der Waals surface area contributed by atoms with Crippen LogP contribution >= 0.6 is 0 Å². The summed E-state index contributed by atoms with van der Waals surface area (Å²) >= 11 is 0. The molecule has 0 aromatic rings. The maximum atomic E-state index is 11.8. The fraction of sp³-hybridized carbons (Fsp3) is 0.714. The lowest BCUT2D eigenvalue weighted by Crippen LogP contribution is -2.41. The second-order valence-corrected chi connectivity index (χ2v) is 4.65. The van der Waals surface area contributed by atoms with Gasteiger partial charge in [0.15, 0.2) is 0 Å². The molecule has 0 bridgehead atoms. The standard InChI is InChI=1S/C14H25NO4/c1-5-8-12(15-14(17)18-6-2)13(16)19-10-7-9-11(3)4/h5,11-12H,1,6-10H2,2-4H3,(H,15,17). The molecule has 0 fully saturated rings. The summed E-state index contributed by atoms with van der Waals surface area (Å²) in [4.78, 5) is 23.1. The molecule has 1 atom stereocenters. The van der Waals surface area contributed by atoms with Crippen molar-refractivity contribution >= 4 is 12.1 Å². The molecular weight excluding hydrogens is 246 g/mol. The molecule has 0 aliphatic heterocycles. The summed E-state index contributed by atoms with van der Waals surface area (Å²) in [6.07, 6.45) is 3.09. The highest BCUT2D eigenvalue weighted by molar-refractivity contribution is 5.81. The van der Waals surface area contributed by atoms with E-state index in [1.165, 1.54) is 0 Å². The van der Waals surface area contributed by atoms with E-state index in [9.17, 15) is 9.59 Å². The Bertz CT molecular complexity index is 289. The van der Waals surface area contributed by atoms with E-state index in [0.29, 0.717) is 18.9 Å². The molecule has 0 saturated carbocycles. The van der Waals surface area contributed by atoms with Crippen LogP contribution in [-0.2, 0) is 14.3 Å². The van der Waals surface area contributed by atoms with Crippen molar-refractivity contribution < 1.29 is 19.1 Å². The first kappa shape index (κ1) is 17.5. The zero-order chi connectivity index (χ0) is 14.7. The van der Waals surface area contributed by atoms with Crippen LogP contribution in [0, 0.1) is 5.92 Å². The van der Waals surface area contributed by atoms with Gasteiger partial charge in [0.2, 0.25) is 0 Å². The van der Waals surface area contributed by atoms with Gasteiger partial charge in [-0.05, 0) is 32.1 Å². The van der Waals surface area contributed by atoms with Crippen LogP contribution in [0.5, 0.6) is 0 Å². The topological polar surface area (TPSA) is 64.6 Å². The minimum atomic E-state index is -0.726. The highest BCUT2D eigenvalue weighted by atomic mass is 16.6. The molecule has 5 nitrogen and oxygen atoms in total. The molecule has 0 aromatic carbocycles. The Morgan fingerprint density at radius 2 is 2.00 bits per heavy atom. The smallest absolute Gasteiger partial charge is 0.407 e. The summed E-state index contributed by atoms with van der Waals surface area (Å²) in [5, 5.41) is 2.46. The van der Waals surface area contributed by atoms with Crippen molar-refractivity contribution in [1.29, 1.82) is 0 Å². The molecule has 1 unspecified atom stereocenters. The van der Waals surface area contributed by atoms with Crippen LogP contribution < -0.4 is 5.32 Å². The molecule has 1 N–H and O–H groups in total. The third-order valence-corrected chi connectivity index (χ3v) is 2.42. The molecule has 0 aliphatic carbocycles. The Morgan fingerprint density at radius 3 is 2.53 bits per heavy atom. The molecule has 0 aromatic heterocycles. The maximum Gasteiger partial charge on any atom is 0.407 e. The van der Waals surface area contributed by atoms with Crippen molar-refractivity contribution in [2.75, 3.05) is 13.2 Å². The van der Waals surface area contributed by atoms with Gasteiger partial charge in [0, 0.05) is 0 Å². The van der Waals surface area contributed by atoms with Gasteiger partial charge in [0.05, 0.1) is 13.2 Å². The predicted octanol–water partition coefficient (Wildman–Crippen LogP) is 2.66. The lowest BCUT2D eigenvalue weighted by molar-refractivity contribution is -0.146. The number of hydrogen-bond acceptors (Lipinski definition) is 4. The Kier molecular flexibility index (Phi) is 9.57. The van der Waals surface area contributed by atoms with Gasteiger partial charge in [-0.3, -0.25) is 0 Å². The summed E-state index contributed by atoms with van der Waals surface area (Å²) < 4.78 is 9.86. The molecular formula is C14H25NO4. The normalized spacial score (nSPS) is 11.8. The monoisotopic (exact) mass is 271 g/mol. The Hall–Kier alpha value is -1.52. The number of carbonyl (C=O) groups is 2. The second-order valence-electron chi connectivity index (χ2n) is 4.65. The van der Waals surface area contributed by atoms with Gasteiger partial charge in [-0.2, -0.15) is 0 Å². The third-order valence-electron chi connectivity index (χ3n) is 2.42. The number of ether oxygens (including phenoxy) is 2. The number of rotatable bonds is 9. The summed E-state index contributed by atoms with van der Waals surface area (Å²) in [7, 11) is 0. The van der Waals surface area contributed by atoms with Gasteiger partial charge in [-0.25, -0.2) is 9.59 Å². The minimum absolute atomic E-state index is 0.260. The Morgan fingerprint density at radius 1 is 1.32 bits per heavy atom. The van der Waals surface area contributed by atoms with E-state index >= 15 is 0 Å². The number of hydrogen-bond donors (Lipinski definition) is 1. The van der Waals surface area contributed by atoms with Crippen molar-refractivity contribution in [3.8, 4) is 0 Å². The Labute approximate surface area is 115 Å². The van der Waals surface area contributed by atoms with Gasteiger partial charge < -0.3 is 14.8 Å². The number of esters is 1. The minimum Gasteiger partial charge on any atom is -0.464 e. The average Bonchev–Trinajstić information content (AvgIpc) is 2.34. The number of nitrogens with one attached hydrogen (secondary N) is 1. The van der Waals surface area contributed by atoms with Crippen LogP contribution in [0.25, 0.3) is 0 Å². The van der Waals surface area contributed by atoms with Crippen molar-refractivity contribution in [3.63, 3.8) is 0 Å². The molecule has 0 heterocycles. The molecule has 0 rings (SSSR count). The van der Waals surface area contributed by atoms with E-state index in [4.69, 9.17) is 9.47 Å². The SMILES string of the molecule is C=CCC(NC(=O)OCC)C(=O)OCCCC(C)C. The second kappa shape index (κ2) is 10.4. The van der Waals surface area contributed by atoms with Crippen LogP contribution in [0.2, 0.25) is 0 Å².